The van der Waals surface area contributed by atoms with Crippen LogP contribution in [0.5, 0.6) is 5.75 Å². The second-order valence-corrected chi connectivity index (χ2v) is 13.0. The molecule has 44 heavy (non-hydrogen) atoms. The number of rotatable bonds is 12. The fourth-order valence-corrected chi connectivity index (χ4v) is 6.45. The predicted octanol–water partition coefficient (Wildman–Crippen LogP) is 8.71. The van der Waals surface area contributed by atoms with E-state index in [9.17, 15) is 13.5 Å². The zero-order valence-electron chi connectivity index (χ0n) is 25.8. The summed E-state index contributed by atoms with van der Waals surface area (Å²) in [6.45, 7) is 5.38. The van der Waals surface area contributed by atoms with E-state index in [2.05, 4.69) is 65.6 Å². The number of aliphatic imine (C=N–C) groups is 1. The van der Waals surface area contributed by atoms with Crippen LogP contribution >= 0.6 is 0 Å². The Morgan fingerprint density at radius 2 is 1.41 bits per heavy atom. The van der Waals surface area contributed by atoms with Gasteiger partial charge in [0.2, 0.25) is 0 Å². The molecule has 1 saturated heterocycles. The van der Waals surface area contributed by atoms with Gasteiger partial charge >= 0.3 is 0 Å². The van der Waals surface area contributed by atoms with Crippen molar-refractivity contribution < 1.29 is 18.1 Å². The number of unbranched alkanes of at least 4 members (excludes halogenated alkanes) is 5. The Kier molecular flexibility index (Phi) is 12.8. The Morgan fingerprint density at radius 3 is 2.09 bits per heavy atom. The van der Waals surface area contributed by atoms with Crippen LogP contribution in [-0.2, 0) is 10.1 Å². The third kappa shape index (κ3) is 10.2. The lowest BCUT2D eigenvalue weighted by Crippen LogP contribution is -2.35. The third-order valence-corrected chi connectivity index (χ3v) is 9.21. The van der Waals surface area contributed by atoms with Gasteiger partial charge in [-0.1, -0.05) is 112 Å². The number of phenols is 1. The van der Waals surface area contributed by atoms with Gasteiger partial charge in [0.25, 0.3) is 10.1 Å². The lowest BCUT2D eigenvalue weighted by atomic mass is 9.76. The zero-order valence-corrected chi connectivity index (χ0v) is 26.6. The van der Waals surface area contributed by atoms with Crippen molar-refractivity contribution in [1.82, 2.24) is 4.90 Å². The molecule has 7 heteroatoms. The van der Waals surface area contributed by atoms with Crippen molar-refractivity contribution >= 4 is 27.2 Å². The van der Waals surface area contributed by atoms with Crippen molar-refractivity contribution in [1.29, 1.82) is 0 Å². The average Bonchev–Trinajstić information content (AvgIpc) is 3.04. The Morgan fingerprint density at radius 1 is 0.795 bits per heavy atom. The summed E-state index contributed by atoms with van der Waals surface area (Å²) in [6.07, 6.45) is 12.4. The van der Waals surface area contributed by atoms with E-state index in [0.29, 0.717) is 17.6 Å². The maximum absolute atomic E-state index is 10.8. The first kappa shape index (κ1) is 33.2. The van der Waals surface area contributed by atoms with Crippen molar-refractivity contribution in [3.05, 3.63) is 108 Å². The van der Waals surface area contributed by atoms with E-state index in [1.807, 2.05) is 30.3 Å². The minimum atomic E-state index is -4.09. The Hall–Kier alpha value is -3.68. The Balaban J connectivity index is 0.000000262. The summed E-state index contributed by atoms with van der Waals surface area (Å²) >= 11 is 0. The van der Waals surface area contributed by atoms with Crippen molar-refractivity contribution in [3.8, 4) is 5.75 Å². The zero-order chi connectivity index (χ0) is 31.2. The first-order chi connectivity index (χ1) is 21.3. The second-order valence-electron chi connectivity index (χ2n) is 11.6. The number of hydrogen-bond acceptors (Lipinski definition) is 4. The van der Waals surface area contributed by atoms with E-state index in [4.69, 9.17) is 4.55 Å². The highest BCUT2D eigenvalue weighted by Gasteiger charge is 2.28. The molecule has 6 nitrogen and oxygen atoms in total. The van der Waals surface area contributed by atoms with Gasteiger partial charge in [0, 0.05) is 25.6 Å². The minimum absolute atomic E-state index is 0.0730. The molecule has 4 aromatic rings. The summed E-state index contributed by atoms with van der Waals surface area (Å²) in [5, 5.41) is 11.4. The number of nitrogens with zero attached hydrogens (tertiary/aromatic N) is 2. The monoisotopic (exact) mass is 614 g/mol. The SMILES string of the molecule is CCCCCCCCN=CN1CCC(C(c2ccccc2)c2ccc(O)cc2)CC1.O=S(=O)(O)c1ccc2ccccc2c1. The van der Waals surface area contributed by atoms with Gasteiger partial charge in [0.1, 0.15) is 5.75 Å². The number of hydrogen-bond donors (Lipinski definition) is 2. The summed E-state index contributed by atoms with van der Waals surface area (Å²) in [7, 11) is -4.09. The van der Waals surface area contributed by atoms with Crippen LogP contribution in [0.3, 0.4) is 0 Å². The number of phenolic OH excluding ortho intramolecular Hbond substituents is 1. The van der Waals surface area contributed by atoms with Crippen LogP contribution in [0.25, 0.3) is 10.8 Å². The van der Waals surface area contributed by atoms with Crippen LogP contribution in [-0.4, -0.2) is 48.9 Å². The molecule has 0 aliphatic carbocycles. The lowest BCUT2D eigenvalue weighted by molar-refractivity contribution is 0.254. The molecule has 0 spiro atoms. The number of likely N-dealkylation sites (tertiary alicyclic amines) is 1. The van der Waals surface area contributed by atoms with Crippen LogP contribution in [0.2, 0.25) is 0 Å². The molecular formula is C37H46N2O4S. The molecule has 1 fully saturated rings. The van der Waals surface area contributed by atoms with Crippen LogP contribution in [0, 0.1) is 5.92 Å². The van der Waals surface area contributed by atoms with Gasteiger partial charge in [-0.25, -0.2) is 0 Å². The Bertz CT molecular complexity index is 1550. The summed E-state index contributed by atoms with van der Waals surface area (Å²) in [5.41, 5.74) is 2.67. The number of fused-ring (bicyclic) bond motifs is 1. The molecule has 1 unspecified atom stereocenters. The van der Waals surface area contributed by atoms with Crippen LogP contribution in [0.15, 0.2) is 107 Å². The molecular weight excluding hydrogens is 568 g/mol. The largest absolute Gasteiger partial charge is 0.508 e. The molecule has 0 bridgehead atoms. The van der Waals surface area contributed by atoms with Gasteiger partial charge in [-0.15, -0.1) is 0 Å². The van der Waals surface area contributed by atoms with Crippen molar-refractivity contribution in [2.24, 2.45) is 10.9 Å². The van der Waals surface area contributed by atoms with E-state index in [0.717, 1.165) is 30.4 Å². The molecule has 0 radical (unpaired) electrons. The van der Waals surface area contributed by atoms with Crippen LogP contribution in [0.1, 0.15) is 75.3 Å². The van der Waals surface area contributed by atoms with Gasteiger partial charge in [-0.05, 0) is 71.3 Å². The number of aromatic hydroxyl groups is 1. The highest BCUT2D eigenvalue weighted by molar-refractivity contribution is 7.85. The highest BCUT2D eigenvalue weighted by atomic mass is 32.2. The smallest absolute Gasteiger partial charge is 0.294 e. The van der Waals surface area contributed by atoms with E-state index in [1.54, 1.807) is 12.1 Å². The summed E-state index contributed by atoms with van der Waals surface area (Å²) in [4.78, 5) is 7.00. The lowest BCUT2D eigenvalue weighted by Gasteiger charge is -2.36. The Labute approximate surface area is 263 Å². The number of benzene rings is 4. The first-order valence-corrected chi connectivity index (χ1v) is 17.3. The molecule has 1 aliphatic heterocycles. The molecule has 1 aliphatic rings. The standard InChI is InChI=1S/C27H38N2O.C10H8O3S/c1-2-3-4-5-6-10-19-28-22-29-20-17-25(18-21-29)27(23-11-8-7-9-12-23)24-13-15-26(30)16-14-24;11-14(12,13)10-6-5-8-3-1-2-4-9(8)7-10/h7-9,11-16,22,25,27,30H,2-6,10,17-21H2,1H3;1-7H,(H,11,12,13). The predicted molar refractivity (Wildman–Crippen MR) is 181 cm³/mol. The number of piperidine rings is 1. The summed E-state index contributed by atoms with van der Waals surface area (Å²) in [5.74, 6) is 1.33. The maximum atomic E-state index is 10.8. The van der Waals surface area contributed by atoms with Crippen LogP contribution in [0.4, 0.5) is 0 Å². The molecule has 234 valence electrons. The molecule has 4 aromatic carbocycles. The molecule has 0 aromatic heterocycles. The molecule has 2 N–H and O–H groups in total. The molecule has 1 atom stereocenters. The normalized spacial score (nSPS) is 14.8. The topological polar surface area (TPSA) is 90.2 Å². The van der Waals surface area contributed by atoms with Gasteiger partial charge in [-0.3, -0.25) is 9.55 Å². The fraction of sp³-hybridized carbons (Fsp3) is 0.378. The van der Waals surface area contributed by atoms with Crippen molar-refractivity contribution in [3.63, 3.8) is 0 Å². The van der Waals surface area contributed by atoms with Gasteiger partial charge in [0.15, 0.2) is 0 Å². The summed E-state index contributed by atoms with van der Waals surface area (Å²) in [6, 6.07) is 30.5. The van der Waals surface area contributed by atoms with E-state index < -0.39 is 10.1 Å². The van der Waals surface area contributed by atoms with E-state index >= 15 is 0 Å². The molecule has 5 rings (SSSR count). The average molecular weight is 615 g/mol. The third-order valence-electron chi connectivity index (χ3n) is 8.36. The van der Waals surface area contributed by atoms with Crippen LogP contribution < -0.4 is 0 Å². The van der Waals surface area contributed by atoms with E-state index in [-0.39, 0.29) is 4.90 Å². The quantitative estimate of drug-likeness (QED) is 0.0721. The molecule has 0 saturated carbocycles. The first-order valence-electron chi connectivity index (χ1n) is 15.9. The second kappa shape index (κ2) is 17.0. The maximum Gasteiger partial charge on any atom is 0.294 e. The highest BCUT2D eigenvalue weighted by Crippen LogP contribution is 2.38. The molecule has 0 amide bonds. The van der Waals surface area contributed by atoms with Gasteiger partial charge < -0.3 is 10.0 Å². The summed E-state index contributed by atoms with van der Waals surface area (Å²) < 4.78 is 30.5. The van der Waals surface area contributed by atoms with Gasteiger partial charge in [0.05, 0.1) is 11.2 Å². The molecule has 1 heterocycles. The fourth-order valence-electron chi connectivity index (χ4n) is 5.93. The van der Waals surface area contributed by atoms with Gasteiger partial charge in [-0.2, -0.15) is 8.42 Å². The van der Waals surface area contributed by atoms with E-state index in [1.165, 1.54) is 74.6 Å². The van der Waals surface area contributed by atoms with Crippen molar-refractivity contribution in [2.75, 3.05) is 19.6 Å². The van der Waals surface area contributed by atoms with Crippen molar-refractivity contribution in [2.45, 2.75) is 69.1 Å². The minimum Gasteiger partial charge on any atom is -0.508 e.